The van der Waals surface area contributed by atoms with Gasteiger partial charge in [-0.3, -0.25) is 4.79 Å². The van der Waals surface area contributed by atoms with Crippen LogP contribution >= 0.6 is 0 Å². The number of cyclic esters (lactones) is 1. The fourth-order valence-corrected chi connectivity index (χ4v) is 5.54. The van der Waals surface area contributed by atoms with Gasteiger partial charge in [0.2, 0.25) is 0 Å². The van der Waals surface area contributed by atoms with Crippen molar-refractivity contribution in [2.24, 2.45) is 0 Å². The molecule has 1 aromatic rings. The molecule has 2 unspecified atom stereocenters. The van der Waals surface area contributed by atoms with Gasteiger partial charge in [-0.15, -0.1) is 0 Å². The zero-order chi connectivity index (χ0) is 34.3. The molecule has 1 saturated carbocycles. The lowest BCUT2D eigenvalue weighted by Gasteiger charge is -2.46. The van der Waals surface area contributed by atoms with Gasteiger partial charge in [0.15, 0.2) is 5.78 Å². The van der Waals surface area contributed by atoms with Crippen molar-refractivity contribution in [2.45, 2.75) is 75.8 Å². The highest BCUT2D eigenvalue weighted by Crippen LogP contribution is 2.45. The van der Waals surface area contributed by atoms with Crippen LogP contribution < -0.4 is 0 Å². The molecule has 1 aromatic carbocycles. The zero-order valence-corrected chi connectivity index (χ0v) is 26.0. The number of epoxide rings is 1. The molecule has 252 valence electrons. The molecule has 4 heterocycles. The van der Waals surface area contributed by atoms with E-state index in [2.05, 4.69) is 0 Å². The van der Waals surface area contributed by atoms with Crippen molar-refractivity contribution >= 4 is 35.2 Å². The number of ketones is 1. The first-order valence-corrected chi connectivity index (χ1v) is 15.2. The normalized spacial score (nSPS) is 30.4. The summed E-state index contributed by atoms with van der Waals surface area (Å²) in [5, 5.41) is 20.6. The second kappa shape index (κ2) is 12.3. The van der Waals surface area contributed by atoms with Crippen LogP contribution in [0.3, 0.4) is 0 Å². The summed E-state index contributed by atoms with van der Waals surface area (Å²) in [6.45, 7) is 3.15. The Morgan fingerprint density at radius 3 is 2.02 bits per heavy atom. The third-order valence-electron chi connectivity index (χ3n) is 8.51. The van der Waals surface area contributed by atoms with E-state index in [1.807, 2.05) is 0 Å². The van der Waals surface area contributed by atoms with Crippen LogP contribution in [0.4, 0.5) is 0 Å². The molecular formula is C34H32O14. The van der Waals surface area contributed by atoms with Crippen molar-refractivity contribution in [2.75, 3.05) is 6.61 Å². The van der Waals surface area contributed by atoms with Crippen molar-refractivity contribution in [1.82, 2.24) is 0 Å². The Balaban J connectivity index is 1.17. The molecule has 2 N–H and O–H groups in total. The average molecular weight is 665 g/mol. The van der Waals surface area contributed by atoms with Crippen LogP contribution in [0.25, 0.3) is 5.57 Å². The van der Waals surface area contributed by atoms with Crippen molar-refractivity contribution in [3.63, 3.8) is 0 Å². The van der Waals surface area contributed by atoms with Gasteiger partial charge in [-0.1, -0.05) is 42.5 Å². The van der Waals surface area contributed by atoms with Crippen LogP contribution in [-0.2, 0) is 57.1 Å². The molecule has 5 aliphatic rings. The predicted molar refractivity (Wildman–Crippen MR) is 159 cm³/mol. The Morgan fingerprint density at radius 1 is 0.833 bits per heavy atom. The summed E-state index contributed by atoms with van der Waals surface area (Å²) < 4.78 is 37.8. The molecule has 2 saturated heterocycles. The first-order chi connectivity index (χ1) is 22.8. The Bertz CT molecular complexity index is 1690. The van der Waals surface area contributed by atoms with Crippen LogP contribution in [-0.4, -0.2) is 69.9 Å². The monoisotopic (exact) mass is 664 g/mol. The summed E-state index contributed by atoms with van der Waals surface area (Å²) in [5.74, 6) is -9.53. The summed E-state index contributed by atoms with van der Waals surface area (Å²) in [7, 11) is 0. The van der Waals surface area contributed by atoms with Crippen LogP contribution in [0, 0.1) is 0 Å². The molecule has 0 aromatic heterocycles. The SMILES string of the molecule is CC1=C(O)OC2(CCC3(CC2)OC(=O)C(=C/C=C(/C=C/C2=C(O)OC(C)(CCC(=O)C4CO4)OC2=O)c2ccccc2)C(=O)O3)OC1=O. The van der Waals surface area contributed by atoms with E-state index in [0.29, 0.717) is 17.7 Å². The van der Waals surface area contributed by atoms with E-state index in [0.717, 1.165) is 0 Å². The number of allylic oxidation sites excluding steroid dienone is 4. The number of rotatable bonds is 8. The largest absolute Gasteiger partial charge is 0.481 e. The smallest absolute Gasteiger partial charge is 0.348 e. The highest BCUT2D eigenvalue weighted by atomic mass is 16.8. The van der Waals surface area contributed by atoms with E-state index < -0.39 is 64.8 Å². The fourth-order valence-electron chi connectivity index (χ4n) is 5.54. The van der Waals surface area contributed by atoms with Gasteiger partial charge in [-0.05, 0) is 30.2 Å². The van der Waals surface area contributed by atoms with E-state index >= 15 is 0 Å². The minimum absolute atomic E-state index is 0.0114. The number of hydrogen-bond acceptors (Lipinski definition) is 14. The highest BCUT2D eigenvalue weighted by molar-refractivity contribution is 6.15. The highest BCUT2D eigenvalue weighted by Gasteiger charge is 2.56. The topological polar surface area (TPSA) is 194 Å². The molecule has 0 amide bonds. The van der Waals surface area contributed by atoms with Crippen molar-refractivity contribution in [1.29, 1.82) is 0 Å². The standard InChI is InChI=1S/C34H32O14/c1-19-26(36)45-33(46-27(19)37)14-16-34(17-15-33)47-30(40)23(31(41)48-34)11-9-21(20-6-4-3-5-7-20)8-10-22-28(38)43-32(2,44-29(22)39)13-12-24(35)25-18-42-25/h3-11,25,36,38H,12-18H2,1-2H3/b10-8+,21-9-,23-11?. The third-order valence-corrected chi connectivity index (χ3v) is 8.51. The minimum atomic E-state index is -1.61. The van der Waals surface area contributed by atoms with Crippen LogP contribution in [0.1, 0.15) is 57.9 Å². The third kappa shape index (κ3) is 6.69. The van der Waals surface area contributed by atoms with Gasteiger partial charge in [0, 0.05) is 45.4 Å². The number of aliphatic hydroxyl groups excluding tert-OH is 2. The van der Waals surface area contributed by atoms with Gasteiger partial charge in [0.25, 0.3) is 29.3 Å². The van der Waals surface area contributed by atoms with Crippen molar-refractivity contribution in [3.05, 3.63) is 88.8 Å². The van der Waals surface area contributed by atoms with E-state index in [4.69, 9.17) is 33.2 Å². The molecule has 14 heteroatoms. The van der Waals surface area contributed by atoms with E-state index in [1.165, 1.54) is 38.2 Å². The zero-order valence-electron chi connectivity index (χ0n) is 26.0. The summed E-state index contributed by atoms with van der Waals surface area (Å²) >= 11 is 0. The lowest BCUT2D eigenvalue weighted by atomic mass is 9.87. The summed E-state index contributed by atoms with van der Waals surface area (Å²) in [4.78, 5) is 63.1. The summed E-state index contributed by atoms with van der Waals surface area (Å²) in [6.07, 6.45) is 4.83. The average Bonchev–Trinajstić information content (AvgIpc) is 3.89. The molecule has 2 spiro atoms. The number of esters is 4. The molecule has 3 fully saturated rings. The van der Waals surface area contributed by atoms with Gasteiger partial charge in [0.05, 0.1) is 6.61 Å². The molecule has 6 rings (SSSR count). The molecule has 1 aliphatic carbocycles. The van der Waals surface area contributed by atoms with Gasteiger partial charge < -0.3 is 43.4 Å². The molecule has 0 bridgehead atoms. The number of ether oxygens (including phenoxy) is 7. The number of hydrogen-bond donors (Lipinski definition) is 2. The number of aliphatic hydroxyl groups is 2. The van der Waals surface area contributed by atoms with Crippen LogP contribution in [0.5, 0.6) is 0 Å². The molecule has 0 radical (unpaired) electrons. The maximum Gasteiger partial charge on any atom is 0.348 e. The maximum absolute atomic E-state index is 13.1. The van der Waals surface area contributed by atoms with E-state index in [9.17, 15) is 34.2 Å². The van der Waals surface area contributed by atoms with E-state index in [1.54, 1.807) is 30.3 Å². The second-order valence-corrected chi connectivity index (χ2v) is 12.1. The van der Waals surface area contributed by atoms with Gasteiger partial charge in [-0.25, -0.2) is 19.2 Å². The van der Waals surface area contributed by atoms with Gasteiger partial charge in [0.1, 0.15) is 22.8 Å². The molecule has 48 heavy (non-hydrogen) atoms. The Kier molecular flexibility index (Phi) is 8.37. The lowest BCUT2D eigenvalue weighted by molar-refractivity contribution is -0.297. The first-order valence-electron chi connectivity index (χ1n) is 15.2. The Labute approximate surface area is 273 Å². The Hall–Kier alpha value is -5.37. The van der Waals surface area contributed by atoms with Crippen molar-refractivity contribution < 1.29 is 67.3 Å². The lowest BCUT2D eigenvalue weighted by Crippen LogP contribution is -2.54. The molecular weight excluding hydrogens is 632 g/mol. The summed E-state index contributed by atoms with van der Waals surface area (Å²) in [5.41, 5.74) is 0.279. The quantitative estimate of drug-likeness (QED) is 0.102. The van der Waals surface area contributed by atoms with Crippen LogP contribution in [0.2, 0.25) is 0 Å². The van der Waals surface area contributed by atoms with E-state index in [-0.39, 0.29) is 55.5 Å². The van der Waals surface area contributed by atoms with Gasteiger partial charge >= 0.3 is 23.9 Å². The number of carbonyl (C=O) groups is 5. The maximum atomic E-state index is 13.1. The summed E-state index contributed by atoms with van der Waals surface area (Å²) in [6, 6.07) is 8.79. The number of carbonyl (C=O) groups excluding carboxylic acids is 5. The molecule has 2 atom stereocenters. The second-order valence-electron chi connectivity index (χ2n) is 12.1. The molecule has 14 nitrogen and oxygen atoms in total. The number of benzene rings is 1. The first kappa shape index (κ1) is 32.6. The fraction of sp³-hybridized carbons (Fsp3) is 0.382. The van der Waals surface area contributed by atoms with Crippen molar-refractivity contribution in [3.8, 4) is 0 Å². The predicted octanol–water partition coefficient (Wildman–Crippen LogP) is 3.79. The molecule has 4 aliphatic heterocycles. The number of Topliss-reactive ketones (excluding diaryl/α,β-unsaturated/α-hetero) is 1. The minimum Gasteiger partial charge on any atom is -0.481 e. The van der Waals surface area contributed by atoms with Crippen LogP contribution in [0.15, 0.2) is 83.2 Å². The Morgan fingerprint density at radius 2 is 1.44 bits per heavy atom. The van der Waals surface area contributed by atoms with Gasteiger partial charge in [-0.2, -0.15) is 0 Å².